The van der Waals surface area contributed by atoms with Gasteiger partial charge in [0.2, 0.25) is 0 Å². The number of hydrogen-bond donors (Lipinski definition) is 1. The number of imidazole rings is 1. The van der Waals surface area contributed by atoms with E-state index in [0.29, 0.717) is 6.54 Å². The molecule has 0 amide bonds. The Morgan fingerprint density at radius 3 is 2.39 bits per heavy atom. The first-order valence-corrected chi connectivity index (χ1v) is 9.31. The molecule has 3 aromatic rings. The highest BCUT2D eigenvalue weighted by Gasteiger charge is 2.06. The number of aliphatic imine (C=N–C) groups is 1. The van der Waals surface area contributed by atoms with Crippen molar-refractivity contribution in [3.05, 3.63) is 90.0 Å². The van der Waals surface area contributed by atoms with Crippen molar-refractivity contribution >= 4 is 29.9 Å². The average molecular weight is 489 g/mol. The van der Waals surface area contributed by atoms with E-state index in [1.807, 2.05) is 18.6 Å². The van der Waals surface area contributed by atoms with Crippen molar-refractivity contribution in [3.63, 3.8) is 0 Å². The molecular formula is C22H28IN5. The summed E-state index contributed by atoms with van der Waals surface area (Å²) in [4.78, 5) is 11.0. The first-order valence-electron chi connectivity index (χ1n) is 9.31. The van der Waals surface area contributed by atoms with Gasteiger partial charge in [0.15, 0.2) is 5.96 Å². The molecule has 1 aromatic heterocycles. The molecule has 1 N–H and O–H groups in total. The monoisotopic (exact) mass is 489 g/mol. The van der Waals surface area contributed by atoms with Crippen LogP contribution in [-0.4, -0.2) is 34.0 Å². The van der Waals surface area contributed by atoms with Gasteiger partial charge in [-0.1, -0.05) is 54.6 Å². The molecule has 0 saturated carbocycles. The zero-order valence-electron chi connectivity index (χ0n) is 16.5. The molecule has 2 aromatic carbocycles. The summed E-state index contributed by atoms with van der Waals surface area (Å²) in [7, 11) is 2.07. The highest BCUT2D eigenvalue weighted by Crippen LogP contribution is 2.09. The van der Waals surface area contributed by atoms with E-state index in [9.17, 15) is 0 Å². The molecule has 148 valence electrons. The Bertz CT molecular complexity index is 829. The minimum Gasteiger partial charge on any atom is -0.357 e. The standard InChI is InChI=1S/C22H27N5.HI/c1-3-24-22(26(2)16-20-7-5-4-6-8-20)25-15-19-9-11-21(12-10-19)17-27-14-13-23-18-27;/h4-14,18H,3,15-17H2,1-2H3,(H,24,25);1H. The second kappa shape index (κ2) is 11.5. The van der Waals surface area contributed by atoms with E-state index in [1.165, 1.54) is 16.7 Å². The summed E-state index contributed by atoms with van der Waals surface area (Å²) in [5, 5.41) is 3.38. The minimum atomic E-state index is 0. The smallest absolute Gasteiger partial charge is 0.194 e. The first-order chi connectivity index (χ1) is 13.2. The molecule has 5 nitrogen and oxygen atoms in total. The van der Waals surface area contributed by atoms with Gasteiger partial charge in [-0.25, -0.2) is 9.98 Å². The van der Waals surface area contributed by atoms with Gasteiger partial charge in [-0.3, -0.25) is 0 Å². The van der Waals surface area contributed by atoms with E-state index in [4.69, 9.17) is 4.99 Å². The topological polar surface area (TPSA) is 45.5 Å². The van der Waals surface area contributed by atoms with Crippen molar-refractivity contribution in [1.82, 2.24) is 19.8 Å². The van der Waals surface area contributed by atoms with E-state index in [0.717, 1.165) is 25.6 Å². The van der Waals surface area contributed by atoms with Crippen LogP contribution in [0.2, 0.25) is 0 Å². The summed E-state index contributed by atoms with van der Waals surface area (Å²) in [5.74, 6) is 0.920. The highest BCUT2D eigenvalue weighted by atomic mass is 127. The molecule has 0 spiro atoms. The number of hydrogen-bond acceptors (Lipinski definition) is 2. The predicted molar refractivity (Wildman–Crippen MR) is 126 cm³/mol. The number of halogens is 1. The maximum Gasteiger partial charge on any atom is 0.194 e. The lowest BCUT2D eigenvalue weighted by Crippen LogP contribution is -2.38. The van der Waals surface area contributed by atoms with E-state index < -0.39 is 0 Å². The molecule has 28 heavy (non-hydrogen) atoms. The third kappa shape index (κ3) is 6.67. The molecule has 3 rings (SSSR count). The predicted octanol–water partition coefficient (Wildman–Crippen LogP) is 4.15. The fourth-order valence-electron chi connectivity index (χ4n) is 2.91. The van der Waals surface area contributed by atoms with Gasteiger partial charge >= 0.3 is 0 Å². The molecule has 0 fully saturated rings. The van der Waals surface area contributed by atoms with Crippen molar-refractivity contribution in [3.8, 4) is 0 Å². The first kappa shape index (κ1) is 21.9. The molecule has 0 aliphatic rings. The summed E-state index contributed by atoms with van der Waals surface area (Å²) in [6, 6.07) is 19.1. The lowest BCUT2D eigenvalue weighted by atomic mass is 10.1. The van der Waals surface area contributed by atoms with Crippen LogP contribution in [0.1, 0.15) is 23.6 Å². The van der Waals surface area contributed by atoms with Gasteiger partial charge in [-0.05, 0) is 23.6 Å². The van der Waals surface area contributed by atoms with E-state index in [1.54, 1.807) is 6.20 Å². The van der Waals surface area contributed by atoms with E-state index >= 15 is 0 Å². The number of rotatable bonds is 7. The number of guanidine groups is 1. The van der Waals surface area contributed by atoms with Crippen LogP contribution in [0.4, 0.5) is 0 Å². The summed E-state index contributed by atoms with van der Waals surface area (Å²) in [6.07, 6.45) is 5.62. The van der Waals surface area contributed by atoms with Crippen LogP contribution in [0.5, 0.6) is 0 Å². The Morgan fingerprint density at radius 2 is 1.75 bits per heavy atom. The highest BCUT2D eigenvalue weighted by molar-refractivity contribution is 14.0. The fraction of sp³-hybridized carbons (Fsp3) is 0.273. The normalized spacial score (nSPS) is 11.0. The molecular weight excluding hydrogens is 461 g/mol. The van der Waals surface area contributed by atoms with Crippen LogP contribution < -0.4 is 5.32 Å². The second-order valence-corrected chi connectivity index (χ2v) is 6.56. The molecule has 0 saturated heterocycles. The van der Waals surface area contributed by atoms with Crippen molar-refractivity contribution in [2.45, 2.75) is 26.6 Å². The Kier molecular flexibility index (Phi) is 9.00. The minimum absolute atomic E-state index is 0. The van der Waals surface area contributed by atoms with Crippen LogP contribution in [-0.2, 0) is 19.6 Å². The third-order valence-electron chi connectivity index (χ3n) is 4.32. The molecule has 0 aliphatic carbocycles. The van der Waals surface area contributed by atoms with Crippen molar-refractivity contribution in [1.29, 1.82) is 0 Å². The van der Waals surface area contributed by atoms with Crippen LogP contribution in [0.3, 0.4) is 0 Å². The van der Waals surface area contributed by atoms with Gasteiger partial charge in [-0.15, -0.1) is 24.0 Å². The Labute approximate surface area is 184 Å². The van der Waals surface area contributed by atoms with Crippen molar-refractivity contribution in [2.75, 3.05) is 13.6 Å². The Hall–Kier alpha value is -2.35. The van der Waals surface area contributed by atoms with Gasteiger partial charge in [0, 0.05) is 39.1 Å². The zero-order chi connectivity index (χ0) is 18.9. The number of nitrogens with one attached hydrogen (secondary N) is 1. The molecule has 0 bridgehead atoms. The molecule has 1 heterocycles. The molecule has 0 atom stereocenters. The maximum absolute atomic E-state index is 4.80. The summed E-state index contributed by atoms with van der Waals surface area (Å²) < 4.78 is 2.06. The fourth-order valence-corrected chi connectivity index (χ4v) is 2.91. The third-order valence-corrected chi connectivity index (χ3v) is 4.32. The van der Waals surface area contributed by atoms with Gasteiger partial charge in [-0.2, -0.15) is 0 Å². The quantitative estimate of drug-likeness (QED) is 0.308. The summed E-state index contributed by atoms with van der Waals surface area (Å²) in [5.41, 5.74) is 3.73. The van der Waals surface area contributed by atoms with Gasteiger partial charge < -0.3 is 14.8 Å². The Morgan fingerprint density at radius 1 is 1.04 bits per heavy atom. The average Bonchev–Trinajstić information content (AvgIpc) is 3.20. The van der Waals surface area contributed by atoms with Gasteiger partial charge in [0.25, 0.3) is 0 Å². The number of benzene rings is 2. The lowest BCUT2D eigenvalue weighted by Gasteiger charge is -2.22. The van der Waals surface area contributed by atoms with Crippen LogP contribution in [0.25, 0.3) is 0 Å². The lowest BCUT2D eigenvalue weighted by molar-refractivity contribution is 0.477. The van der Waals surface area contributed by atoms with Crippen molar-refractivity contribution < 1.29 is 0 Å². The van der Waals surface area contributed by atoms with E-state index in [2.05, 4.69) is 82.3 Å². The van der Waals surface area contributed by atoms with Gasteiger partial charge in [0.05, 0.1) is 12.9 Å². The summed E-state index contributed by atoms with van der Waals surface area (Å²) in [6.45, 7) is 5.27. The Balaban J connectivity index is 0.00000280. The molecule has 0 unspecified atom stereocenters. The molecule has 0 radical (unpaired) electrons. The zero-order valence-corrected chi connectivity index (χ0v) is 18.8. The van der Waals surface area contributed by atoms with Crippen LogP contribution in [0.15, 0.2) is 78.3 Å². The largest absolute Gasteiger partial charge is 0.357 e. The van der Waals surface area contributed by atoms with Gasteiger partial charge in [0.1, 0.15) is 0 Å². The SMILES string of the molecule is CCNC(=NCc1ccc(Cn2ccnc2)cc1)N(C)Cc1ccccc1.I. The number of nitrogens with zero attached hydrogens (tertiary/aromatic N) is 4. The van der Waals surface area contributed by atoms with Crippen molar-refractivity contribution in [2.24, 2.45) is 4.99 Å². The van der Waals surface area contributed by atoms with Crippen LogP contribution >= 0.6 is 24.0 Å². The number of aromatic nitrogens is 2. The maximum atomic E-state index is 4.80. The second-order valence-electron chi connectivity index (χ2n) is 6.56. The van der Waals surface area contributed by atoms with Crippen LogP contribution in [0, 0.1) is 0 Å². The molecule has 6 heteroatoms. The van der Waals surface area contributed by atoms with E-state index in [-0.39, 0.29) is 24.0 Å². The summed E-state index contributed by atoms with van der Waals surface area (Å²) >= 11 is 0. The molecule has 0 aliphatic heterocycles.